The SMILES string of the molecule is O=C(Cc1ccc2c(c1)OCCCO2)NCc1ccc(Cl)cc1. The van der Waals surface area contributed by atoms with E-state index >= 15 is 0 Å². The molecule has 0 atom stereocenters. The maximum absolute atomic E-state index is 12.1. The van der Waals surface area contributed by atoms with Gasteiger partial charge in [-0.3, -0.25) is 4.79 Å². The highest BCUT2D eigenvalue weighted by Gasteiger charge is 2.12. The zero-order chi connectivity index (χ0) is 16.1. The van der Waals surface area contributed by atoms with Crippen LogP contribution in [0.1, 0.15) is 17.5 Å². The van der Waals surface area contributed by atoms with Gasteiger partial charge in [0.1, 0.15) is 0 Å². The Bertz CT molecular complexity index is 685. The second-order valence-corrected chi connectivity index (χ2v) is 5.85. The highest BCUT2D eigenvalue weighted by molar-refractivity contribution is 6.30. The summed E-state index contributed by atoms with van der Waals surface area (Å²) in [7, 11) is 0. The van der Waals surface area contributed by atoms with Crippen LogP contribution in [0, 0.1) is 0 Å². The summed E-state index contributed by atoms with van der Waals surface area (Å²) in [5, 5.41) is 3.59. The van der Waals surface area contributed by atoms with Crippen LogP contribution < -0.4 is 14.8 Å². The van der Waals surface area contributed by atoms with E-state index in [-0.39, 0.29) is 5.91 Å². The molecule has 0 bridgehead atoms. The minimum atomic E-state index is -0.0329. The van der Waals surface area contributed by atoms with Crippen molar-refractivity contribution in [2.75, 3.05) is 13.2 Å². The number of fused-ring (bicyclic) bond motifs is 1. The Hall–Kier alpha value is -2.20. The number of rotatable bonds is 4. The number of halogens is 1. The second kappa shape index (κ2) is 7.38. The Balaban J connectivity index is 1.57. The summed E-state index contributed by atoms with van der Waals surface area (Å²) in [5.41, 5.74) is 1.92. The van der Waals surface area contributed by atoms with Crippen LogP contribution in [0.3, 0.4) is 0 Å². The van der Waals surface area contributed by atoms with Gasteiger partial charge in [-0.15, -0.1) is 0 Å². The van der Waals surface area contributed by atoms with Crippen LogP contribution in [-0.2, 0) is 17.8 Å². The largest absolute Gasteiger partial charge is 0.490 e. The molecule has 0 spiro atoms. The molecule has 0 saturated heterocycles. The average molecular weight is 332 g/mol. The first-order valence-corrected chi connectivity index (χ1v) is 7.98. The van der Waals surface area contributed by atoms with Crippen LogP contribution in [0.25, 0.3) is 0 Å². The number of carbonyl (C=O) groups excluding carboxylic acids is 1. The van der Waals surface area contributed by atoms with Gasteiger partial charge in [0.2, 0.25) is 5.91 Å². The molecule has 0 unspecified atom stereocenters. The summed E-state index contributed by atoms with van der Waals surface area (Å²) >= 11 is 5.84. The van der Waals surface area contributed by atoms with E-state index in [1.807, 2.05) is 42.5 Å². The van der Waals surface area contributed by atoms with Gasteiger partial charge in [-0.25, -0.2) is 0 Å². The number of amides is 1. The van der Waals surface area contributed by atoms with Crippen molar-refractivity contribution in [3.8, 4) is 11.5 Å². The van der Waals surface area contributed by atoms with Crippen LogP contribution in [0.4, 0.5) is 0 Å². The molecule has 4 nitrogen and oxygen atoms in total. The van der Waals surface area contributed by atoms with Gasteiger partial charge >= 0.3 is 0 Å². The lowest BCUT2D eigenvalue weighted by Crippen LogP contribution is -2.24. The summed E-state index contributed by atoms with van der Waals surface area (Å²) in [6, 6.07) is 13.1. The van der Waals surface area contributed by atoms with Crippen molar-refractivity contribution in [3.63, 3.8) is 0 Å². The molecule has 0 aliphatic carbocycles. The predicted octanol–water partition coefficient (Wildman–Crippen LogP) is 3.36. The lowest BCUT2D eigenvalue weighted by Gasteiger charge is -2.10. The minimum absolute atomic E-state index is 0.0329. The minimum Gasteiger partial charge on any atom is -0.490 e. The van der Waals surface area contributed by atoms with Crippen molar-refractivity contribution in [3.05, 3.63) is 58.6 Å². The van der Waals surface area contributed by atoms with E-state index < -0.39 is 0 Å². The van der Waals surface area contributed by atoms with E-state index in [0.29, 0.717) is 37.0 Å². The highest BCUT2D eigenvalue weighted by Crippen LogP contribution is 2.30. The number of carbonyl (C=O) groups is 1. The lowest BCUT2D eigenvalue weighted by atomic mass is 10.1. The third-order valence-corrected chi connectivity index (χ3v) is 3.83. The molecule has 2 aromatic carbocycles. The van der Waals surface area contributed by atoms with E-state index in [0.717, 1.165) is 23.3 Å². The molecule has 3 rings (SSSR count). The molecular weight excluding hydrogens is 314 g/mol. The number of nitrogens with one attached hydrogen (secondary N) is 1. The van der Waals surface area contributed by atoms with Crippen molar-refractivity contribution in [2.24, 2.45) is 0 Å². The standard InChI is InChI=1S/C18H18ClNO3/c19-15-5-2-13(3-6-15)12-20-18(21)11-14-4-7-16-17(10-14)23-9-1-8-22-16/h2-7,10H,1,8-9,11-12H2,(H,20,21). The lowest BCUT2D eigenvalue weighted by molar-refractivity contribution is -0.120. The molecule has 1 heterocycles. The van der Waals surface area contributed by atoms with Gasteiger partial charge in [0, 0.05) is 18.0 Å². The number of benzene rings is 2. The first kappa shape index (κ1) is 15.7. The first-order chi connectivity index (χ1) is 11.2. The van der Waals surface area contributed by atoms with E-state index in [9.17, 15) is 4.79 Å². The molecule has 1 amide bonds. The summed E-state index contributed by atoms with van der Waals surface area (Å²) in [6.45, 7) is 1.79. The quantitative estimate of drug-likeness (QED) is 0.934. The van der Waals surface area contributed by atoms with E-state index in [4.69, 9.17) is 21.1 Å². The fourth-order valence-corrected chi connectivity index (χ4v) is 2.49. The fraction of sp³-hybridized carbons (Fsp3) is 0.278. The van der Waals surface area contributed by atoms with Gasteiger partial charge in [0.15, 0.2) is 11.5 Å². The summed E-state index contributed by atoms with van der Waals surface area (Å²) in [4.78, 5) is 12.1. The third-order valence-electron chi connectivity index (χ3n) is 3.58. The molecule has 1 aliphatic rings. The molecule has 1 aliphatic heterocycles. The summed E-state index contributed by atoms with van der Waals surface area (Å²) in [6.07, 6.45) is 1.18. The van der Waals surface area contributed by atoms with E-state index in [1.54, 1.807) is 0 Å². The Labute approximate surface area is 140 Å². The molecule has 0 radical (unpaired) electrons. The molecule has 23 heavy (non-hydrogen) atoms. The van der Waals surface area contributed by atoms with Crippen molar-refractivity contribution in [1.82, 2.24) is 5.32 Å². The van der Waals surface area contributed by atoms with Crippen molar-refractivity contribution in [2.45, 2.75) is 19.4 Å². The van der Waals surface area contributed by atoms with Crippen LogP contribution in [0.2, 0.25) is 5.02 Å². The third kappa shape index (κ3) is 4.39. The zero-order valence-electron chi connectivity index (χ0n) is 12.7. The fourth-order valence-electron chi connectivity index (χ4n) is 2.37. The van der Waals surface area contributed by atoms with Gasteiger partial charge in [-0.1, -0.05) is 29.8 Å². The number of hydrogen-bond acceptors (Lipinski definition) is 3. The van der Waals surface area contributed by atoms with Crippen LogP contribution in [0.15, 0.2) is 42.5 Å². The molecule has 1 N–H and O–H groups in total. The molecule has 2 aromatic rings. The van der Waals surface area contributed by atoms with Crippen molar-refractivity contribution >= 4 is 17.5 Å². The Kier molecular flexibility index (Phi) is 5.03. The maximum Gasteiger partial charge on any atom is 0.224 e. The summed E-state index contributed by atoms with van der Waals surface area (Å²) < 4.78 is 11.2. The van der Waals surface area contributed by atoms with Crippen LogP contribution in [-0.4, -0.2) is 19.1 Å². The molecule has 0 aromatic heterocycles. The molecular formula is C18H18ClNO3. The van der Waals surface area contributed by atoms with Crippen LogP contribution >= 0.6 is 11.6 Å². The van der Waals surface area contributed by atoms with Gasteiger partial charge < -0.3 is 14.8 Å². The zero-order valence-corrected chi connectivity index (χ0v) is 13.4. The highest BCUT2D eigenvalue weighted by atomic mass is 35.5. The second-order valence-electron chi connectivity index (χ2n) is 5.41. The Morgan fingerprint density at radius 3 is 2.48 bits per heavy atom. The van der Waals surface area contributed by atoms with Gasteiger partial charge in [0.25, 0.3) is 0 Å². The Morgan fingerprint density at radius 1 is 1.00 bits per heavy atom. The van der Waals surface area contributed by atoms with E-state index in [2.05, 4.69) is 5.32 Å². The molecule has 5 heteroatoms. The monoisotopic (exact) mass is 331 g/mol. The smallest absolute Gasteiger partial charge is 0.224 e. The summed E-state index contributed by atoms with van der Waals surface area (Å²) in [5.74, 6) is 1.42. The van der Waals surface area contributed by atoms with Crippen molar-refractivity contribution in [1.29, 1.82) is 0 Å². The first-order valence-electron chi connectivity index (χ1n) is 7.60. The van der Waals surface area contributed by atoms with Gasteiger partial charge in [-0.05, 0) is 35.4 Å². The van der Waals surface area contributed by atoms with E-state index in [1.165, 1.54) is 0 Å². The molecule has 0 saturated carbocycles. The van der Waals surface area contributed by atoms with Gasteiger partial charge in [0.05, 0.1) is 19.6 Å². The van der Waals surface area contributed by atoms with Crippen molar-refractivity contribution < 1.29 is 14.3 Å². The van der Waals surface area contributed by atoms with Crippen LogP contribution in [0.5, 0.6) is 11.5 Å². The number of hydrogen-bond donors (Lipinski definition) is 1. The average Bonchev–Trinajstić information content (AvgIpc) is 2.79. The van der Waals surface area contributed by atoms with Gasteiger partial charge in [-0.2, -0.15) is 0 Å². The molecule has 120 valence electrons. The predicted molar refractivity (Wildman–Crippen MR) is 89.1 cm³/mol. The number of ether oxygens (including phenoxy) is 2. The molecule has 0 fully saturated rings. The maximum atomic E-state index is 12.1. The normalized spacial score (nSPS) is 13.3. The Morgan fingerprint density at radius 2 is 1.70 bits per heavy atom. The topological polar surface area (TPSA) is 47.6 Å².